The van der Waals surface area contributed by atoms with E-state index in [1.54, 1.807) is 16.2 Å². The van der Waals surface area contributed by atoms with E-state index in [1.807, 2.05) is 29.8 Å². The number of carbonyl (C=O) groups is 2. The van der Waals surface area contributed by atoms with Crippen LogP contribution >= 0.6 is 11.3 Å². The lowest BCUT2D eigenvalue weighted by atomic mass is 9.93. The number of hydrogen-bond donors (Lipinski definition) is 0. The van der Waals surface area contributed by atoms with Crippen LogP contribution in [0.4, 0.5) is 0 Å². The summed E-state index contributed by atoms with van der Waals surface area (Å²) in [6.07, 6.45) is 3.38. The van der Waals surface area contributed by atoms with Gasteiger partial charge in [0, 0.05) is 37.2 Å². The number of piperidine rings is 1. The van der Waals surface area contributed by atoms with Crippen LogP contribution in [0.25, 0.3) is 5.57 Å². The Hall–Kier alpha value is -2.27. The predicted molar refractivity (Wildman–Crippen MR) is 91.1 cm³/mol. The lowest BCUT2D eigenvalue weighted by Crippen LogP contribution is -2.39. The first-order valence-electron chi connectivity index (χ1n) is 7.64. The van der Waals surface area contributed by atoms with Crippen molar-refractivity contribution >= 4 is 28.6 Å². The number of thiazole rings is 1. The summed E-state index contributed by atoms with van der Waals surface area (Å²) in [5.41, 5.74) is 3.64. The molecule has 0 atom stereocenters. The van der Waals surface area contributed by atoms with Crippen LogP contribution in [0.2, 0.25) is 0 Å². The van der Waals surface area contributed by atoms with Gasteiger partial charge in [-0.15, -0.1) is 11.3 Å². The second-order valence-corrected chi connectivity index (χ2v) is 6.42. The SMILES string of the molecule is CC(=O)C(=O)N1CCC(=C(c2ccccc2)c2nccs2)CC1. The molecule has 0 saturated carbocycles. The lowest BCUT2D eigenvalue weighted by Gasteiger charge is -2.29. The molecule has 0 radical (unpaired) electrons. The smallest absolute Gasteiger partial charge is 0.289 e. The van der Waals surface area contributed by atoms with Gasteiger partial charge in [0.25, 0.3) is 5.91 Å². The number of ketones is 1. The molecule has 2 aromatic rings. The number of likely N-dealkylation sites (tertiary alicyclic amines) is 1. The van der Waals surface area contributed by atoms with Gasteiger partial charge >= 0.3 is 0 Å². The number of aromatic nitrogens is 1. The van der Waals surface area contributed by atoms with E-state index in [-0.39, 0.29) is 11.7 Å². The summed E-state index contributed by atoms with van der Waals surface area (Å²) in [4.78, 5) is 29.2. The summed E-state index contributed by atoms with van der Waals surface area (Å²) in [5.74, 6) is -0.764. The van der Waals surface area contributed by atoms with Crippen molar-refractivity contribution in [2.45, 2.75) is 19.8 Å². The molecule has 1 fully saturated rings. The van der Waals surface area contributed by atoms with Gasteiger partial charge in [0.2, 0.25) is 5.78 Å². The Balaban J connectivity index is 1.91. The number of benzene rings is 1. The van der Waals surface area contributed by atoms with Crippen LogP contribution in [0.1, 0.15) is 30.3 Å². The highest BCUT2D eigenvalue weighted by molar-refractivity contribution is 7.10. The molecule has 1 aliphatic heterocycles. The van der Waals surface area contributed by atoms with E-state index in [1.165, 1.54) is 18.1 Å². The first kappa shape index (κ1) is 15.6. The van der Waals surface area contributed by atoms with E-state index in [9.17, 15) is 9.59 Å². The minimum Gasteiger partial charge on any atom is -0.335 e. The van der Waals surface area contributed by atoms with Crippen LogP contribution < -0.4 is 0 Å². The Labute approximate surface area is 139 Å². The fourth-order valence-electron chi connectivity index (χ4n) is 2.88. The minimum absolute atomic E-state index is 0.375. The van der Waals surface area contributed by atoms with E-state index in [0.29, 0.717) is 13.1 Å². The van der Waals surface area contributed by atoms with Gasteiger partial charge in [0.15, 0.2) is 0 Å². The zero-order valence-corrected chi connectivity index (χ0v) is 13.8. The maximum absolute atomic E-state index is 11.8. The Morgan fingerprint density at radius 3 is 2.39 bits per heavy atom. The van der Waals surface area contributed by atoms with Gasteiger partial charge in [-0.05, 0) is 18.4 Å². The summed E-state index contributed by atoms with van der Waals surface area (Å²) in [7, 11) is 0. The molecule has 1 saturated heterocycles. The molecule has 4 nitrogen and oxygen atoms in total. The van der Waals surface area contributed by atoms with Crippen molar-refractivity contribution in [1.82, 2.24) is 9.88 Å². The summed E-state index contributed by atoms with van der Waals surface area (Å²) in [6.45, 7) is 2.52. The molecule has 0 N–H and O–H groups in total. The fraction of sp³-hybridized carbons (Fsp3) is 0.278. The van der Waals surface area contributed by atoms with E-state index >= 15 is 0 Å². The lowest BCUT2D eigenvalue weighted by molar-refractivity contribution is -0.143. The monoisotopic (exact) mass is 326 g/mol. The van der Waals surface area contributed by atoms with Crippen molar-refractivity contribution < 1.29 is 9.59 Å². The molecule has 0 aliphatic carbocycles. The van der Waals surface area contributed by atoms with Gasteiger partial charge in [-0.3, -0.25) is 9.59 Å². The zero-order chi connectivity index (χ0) is 16.2. The van der Waals surface area contributed by atoms with Crippen LogP contribution in [0.5, 0.6) is 0 Å². The molecule has 0 bridgehead atoms. The Kier molecular flexibility index (Phi) is 4.67. The highest BCUT2D eigenvalue weighted by atomic mass is 32.1. The van der Waals surface area contributed by atoms with Gasteiger partial charge in [0.05, 0.1) is 0 Å². The van der Waals surface area contributed by atoms with Crippen molar-refractivity contribution in [3.8, 4) is 0 Å². The molecular formula is C18H18N2O2S. The summed E-state index contributed by atoms with van der Waals surface area (Å²) in [6, 6.07) is 10.2. The average Bonchev–Trinajstić information content (AvgIpc) is 3.10. The standard InChI is InChI=1S/C18H18N2O2S/c1-13(21)18(22)20-10-7-15(8-11-20)16(17-19-9-12-23-17)14-5-3-2-4-6-14/h2-6,9,12H,7-8,10-11H2,1H3. The number of Topliss-reactive ketones (excluding diaryl/α,β-unsaturated/α-hetero) is 1. The zero-order valence-electron chi connectivity index (χ0n) is 13.0. The normalized spacial score (nSPS) is 14.7. The number of nitrogens with zero attached hydrogens (tertiary/aromatic N) is 2. The van der Waals surface area contributed by atoms with Crippen LogP contribution in [-0.2, 0) is 9.59 Å². The van der Waals surface area contributed by atoms with Crippen LogP contribution in [-0.4, -0.2) is 34.7 Å². The number of hydrogen-bond acceptors (Lipinski definition) is 4. The Bertz CT molecular complexity index is 726. The highest BCUT2D eigenvalue weighted by Gasteiger charge is 2.24. The number of carbonyl (C=O) groups excluding carboxylic acids is 2. The van der Waals surface area contributed by atoms with Gasteiger partial charge in [0.1, 0.15) is 5.01 Å². The van der Waals surface area contributed by atoms with Crippen LogP contribution in [0.15, 0.2) is 47.5 Å². The van der Waals surface area contributed by atoms with E-state index in [4.69, 9.17) is 0 Å². The maximum atomic E-state index is 11.8. The second kappa shape index (κ2) is 6.87. The van der Waals surface area contributed by atoms with Crippen molar-refractivity contribution in [2.24, 2.45) is 0 Å². The molecule has 1 aliphatic rings. The van der Waals surface area contributed by atoms with E-state index < -0.39 is 0 Å². The van der Waals surface area contributed by atoms with Crippen molar-refractivity contribution in [3.63, 3.8) is 0 Å². The average molecular weight is 326 g/mol. The Morgan fingerprint density at radius 2 is 1.83 bits per heavy atom. The molecule has 23 heavy (non-hydrogen) atoms. The summed E-state index contributed by atoms with van der Waals surface area (Å²) >= 11 is 1.63. The molecule has 5 heteroatoms. The predicted octanol–water partition coefficient (Wildman–Crippen LogP) is 3.16. The summed E-state index contributed by atoms with van der Waals surface area (Å²) in [5, 5.41) is 2.99. The third-order valence-corrected chi connectivity index (χ3v) is 4.81. The fourth-order valence-corrected chi connectivity index (χ4v) is 3.64. The van der Waals surface area contributed by atoms with Crippen molar-refractivity contribution in [3.05, 3.63) is 58.1 Å². The van der Waals surface area contributed by atoms with E-state index in [2.05, 4.69) is 17.1 Å². The summed E-state index contributed by atoms with van der Waals surface area (Å²) < 4.78 is 0. The molecule has 2 heterocycles. The largest absolute Gasteiger partial charge is 0.335 e. The first-order chi connectivity index (χ1) is 11.2. The van der Waals surface area contributed by atoms with Crippen molar-refractivity contribution in [2.75, 3.05) is 13.1 Å². The molecular weight excluding hydrogens is 308 g/mol. The van der Waals surface area contributed by atoms with Gasteiger partial charge in [-0.2, -0.15) is 0 Å². The molecule has 0 spiro atoms. The molecule has 118 valence electrons. The van der Waals surface area contributed by atoms with Crippen LogP contribution in [0.3, 0.4) is 0 Å². The van der Waals surface area contributed by atoms with Gasteiger partial charge in [-0.25, -0.2) is 4.98 Å². The number of amides is 1. The van der Waals surface area contributed by atoms with E-state index in [0.717, 1.165) is 23.4 Å². The van der Waals surface area contributed by atoms with Crippen molar-refractivity contribution in [1.29, 1.82) is 0 Å². The second-order valence-electron chi connectivity index (χ2n) is 5.53. The first-order valence-corrected chi connectivity index (χ1v) is 8.52. The molecule has 1 amide bonds. The Morgan fingerprint density at radius 1 is 1.13 bits per heavy atom. The third-order valence-electron chi connectivity index (χ3n) is 4.02. The molecule has 1 aromatic carbocycles. The highest BCUT2D eigenvalue weighted by Crippen LogP contribution is 2.33. The molecule has 0 unspecified atom stereocenters. The maximum Gasteiger partial charge on any atom is 0.289 e. The number of rotatable bonds is 3. The van der Waals surface area contributed by atoms with Gasteiger partial charge in [-0.1, -0.05) is 35.9 Å². The third kappa shape index (κ3) is 3.40. The molecule has 1 aromatic heterocycles. The molecule has 3 rings (SSSR count). The quantitative estimate of drug-likeness (QED) is 0.814. The topological polar surface area (TPSA) is 50.3 Å². The van der Waals surface area contributed by atoms with Gasteiger partial charge < -0.3 is 4.90 Å². The minimum atomic E-state index is -0.388. The van der Waals surface area contributed by atoms with Crippen LogP contribution in [0, 0.1) is 0 Å².